The molecule has 0 fully saturated rings. The highest BCUT2D eigenvalue weighted by molar-refractivity contribution is 6.29. The summed E-state index contributed by atoms with van der Waals surface area (Å²) >= 11 is 5.97. The maximum atomic E-state index is 5.97. The van der Waals surface area contributed by atoms with Crippen LogP contribution in [0.15, 0.2) is 40.7 Å². The lowest BCUT2D eigenvalue weighted by Gasteiger charge is -2.20. The van der Waals surface area contributed by atoms with Crippen LogP contribution in [0.25, 0.3) is 0 Å². The van der Waals surface area contributed by atoms with Crippen LogP contribution in [0.4, 0.5) is 5.69 Å². The van der Waals surface area contributed by atoms with E-state index in [1.807, 2.05) is 31.3 Å². The molecule has 2 rings (SSSR count). The molecule has 1 aliphatic heterocycles. The number of ether oxygens (including phenoxy) is 2. The monoisotopic (exact) mass is 309 g/mol. The molecule has 0 radical (unpaired) electrons. The Morgan fingerprint density at radius 1 is 1.19 bits per heavy atom. The zero-order valence-electron chi connectivity index (χ0n) is 12.4. The average Bonchev–Trinajstić information content (AvgIpc) is 2.53. The van der Waals surface area contributed by atoms with Gasteiger partial charge in [-0.05, 0) is 11.6 Å². The van der Waals surface area contributed by atoms with E-state index in [4.69, 9.17) is 21.1 Å². The van der Waals surface area contributed by atoms with Gasteiger partial charge in [0.15, 0.2) is 0 Å². The number of dihydropyridines is 1. The summed E-state index contributed by atoms with van der Waals surface area (Å²) in [7, 11) is 5.16. The second kappa shape index (κ2) is 7.13. The predicted molar refractivity (Wildman–Crippen MR) is 86.1 cm³/mol. The van der Waals surface area contributed by atoms with Gasteiger partial charge in [-0.1, -0.05) is 11.6 Å². The summed E-state index contributed by atoms with van der Waals surface area (Å²) in [4.78, 5) is 0. The summed E-state index contributed by atoms with van der Waals surface area (Å²) in [5, 5.41) is 10.3. The van der Waals surface area contributed by atoms with Crippen LogP contribution < -0.4 is 25.4 Å². The summed E-state index contributed by atoms with van der Waals surface area (Å²) < 4.78 is 10.5. The summed E-state index contributed by atoms with van der Waals surface area (Å²) in [5.74, 6) is 1.51. The molecule has 1 aromatic rings. The lowest BCUT2D eigenvalue weighted by atomic mass is 10.1. The Morgan fingerprint density at radius 3 is 2.43 bits per heavy atom. The number of halogens is 1. The van der Waals surface area contributed by atoms with Gasteiger partial charge in [-0.15, -0.1) is 0 Å². The highest BCUT2D eigenvalue weighted by Crippen LogP contribution is 2.26. The van der Waals surface area contributed by atoms with E-state index in [-0.39, 0.29) is 0 Å². The Labute approximate surface area is 130 Å². The van der Waals surface area contributed by atoms with Crippen LogP contribution in [-0.4, -0.2) is 34.4 Å². The van der Waals surface area contributed by atoms with Crippen LogP contribution in [0.2, 0.25) is 0 Å². The van der Waals surface area contributed by atoms with Gasteiger partial charge in [-0.2, -0.15) is 0 Å². The zero-order valence-corrected chi connectivity index (χ0v) is 13.2. The molecule has 0 unspecified atom stereocenters. The van der Waals surface area contributed by atoms with Crippen LogP contribution in [0.1, 0.15) is 0 Å². The molecule has 1 heterocycles. The molecule has 0 atom stereocenters. The van der Waals surface area contributed by atoms with E-state index in [1.165, 1.54) is 5.57 Å². The van der Waals surface area contributed by atoms with Crippen molar-refractivity contribution in [2.24, 2.45) is 0 Å². The summed E-state index contributed by atoms with van der Waals surface area (Å²) in [5.41, 5.74) is 3.17. The van der Waals surface area contributed by atoms with Gasteiger partial charge >= 0.3 is 0 Å². The van der Waals surface area contributed by atoms with Crippen molar-refractivity contribution in [3.8, 4) is 11.5 Å². The van der Waals surface area contributed by atoms with Gasteiger partial charge in [0.25, 0.3) is 0 Å². The highest BCUT2D eigenvalue weighted by Gasteiger charge is 2.11. The molecular weight excluding hydrogens is 290 g/mol. The summed E-state index contributed by atoms with van der Waals surface area (Å²) in [6, 6.07) is 5.70. The quantitative estimate of drug-likeness (QED) is 0.704. The van der Waals surface area contributed by atoms with Gasteiger partial charge in [0, 0.05) is 49.7 Å². The maximum absolute atomic E-state index is 5.97. The van der Waals surface area contributed by atoms with Crippen molar-refractivity contribution in [1.82, 2.24) is 10.6 Å². The van der Waals surface area contributed by atoms with E-state index in [1.54, 1.807) is 14.2 Å². The molecule has 3 N–H and O–H groups in total. The SMILES string of the molecule is CNC1=C(CNc2cc(OC)cc(OC)c2)CNC(Cl)=C1. The summed E-state index contributed by atoms with van der Waals surface area (Å²) in [6.45, 7) is 1.40. The number of anilines is 1. The molecule has 0 bridgehead atoms. The van der Waals surface area contributed by atoms with Crippen LogP contribution in [0.5, 0.6) is 11.5 Å². The second-order valence-corrected chi connectivity index (χ2v) is 4.98. The number of likely N-dealkylation sites (N-methyl/N-ethyl adjacent to an activating group) is 1. The first kappa shape index (κ1) is 15.4. The first-order chi connectivity index (χ1) is 10.2. The minimum absolute atomic E-state index is 0.645. The van der Waals surface area contributed by atoms with Gasteiger partial charge in [0.05, 0.1) is 14.2 Å². The number of benzene rings is 1. The van der Waals surface area contributed by atoms with Crippen molar-refractivity contribution in [3.63, 3.8) is 0 Å². The molecular formula is C15H20ClN3O2. The van der Waals surface area contributed by atoms with Gasteiger partial charge in [-0.25, -0.2) is 0 Å². The van der Waals surface area contributed by atoms with Crippen molar-refractivity contribution in [2.45, 2.75) is 0 Å². The molecule has 6 heteroatoms. The van der Waals surface area contributed by atoms with Crippen molar-refractivity contribution in [2.75, 3.05) is 39.7 Å². The number of methoxy groups -OCH3 is 2. The third-order valence-electron chi connectivity index (χ3n) is 3.25. The predicted octanol–water partition coefficient (Wildman–Crippen LogP) is 2.27. The minimum atomic E-state index is 0.645. The van der Waals surface area contributed by atoms with E-state index >= 15 is 0 Å². The fraction of sp³-hybridized carbons (Fsp3) is 0.333. The molecule has 5 nitrogen and oxygen atoms in total. The molecule has 1 aromatic carbocycles. The number of nitrogens with one attached hydrogen (secondary N) is 3. The average molecular weight is 310 g/mol. The highest BCUT2D eigenvalue weighted by atomic mass is 35.5. The van der Waals surface area contributed by atoms with Gasteiger partial charge in [-0.3, -0.25) is 0 Å². The van der Waals surface area contributed by atoms with E-state index in [0.717, 1.165) is 22.9 Å². The lowest BCUT2D eigenvalue weighted by Crippen LogP contribution is -2.27. The van der Waals surface area contributed by atoms with Crippen molar-refractivity contribution in [1.29, 1.82) is 0 Å². The maximum Gasteiger partial charge on any atom is 0.124 e. The lowest BCUT2D eigenvalue weighted by molar-refractivity contribution is 0.394. The summed E-state index contributed by atoms with van der Waals surface area (Å²) in [6.07, 6.45) is 1.88. The van der Waals surface area contributed by atoms with E-state index in [2.05, 4.69) is 16.0 Å². The molecule has 0 amide bonds. The van der Waals surface area contributed by atoms with Gasteiger partial charge < -0.3 is 25.4 Å². The van der Waals surface area contributed by atoms with Gasteiger partial charge in [0.1, 0.15) is 16.7 Å². The van der Waals surface area contributed by atoms with Gasteiger partial charge in [0.2, 0.25) is 0 Å². The Hall–Kier alpha value is -2.01. The van der Waals surface area contributed by atoms with Crippen LogP contribution >= 0.6 is 11.6 Å². The van der Waals surface area contributed by atoms with Crippen molar-refractivity contribution in [3.05, 3.63) is 40.7 Å². The molecule has 0 saturated carbocycles. The normalized spacial score (nSPS) is 14.2. The van der Waals surface area contributed by atoms with E-state index in [0.29, 0.717) is 18.2 Å². The number of allylic oxidation sites excluding steroid dienone is 1. The topological polar surface area (TPSA) is 54.5 Å². The third kappa shape index (κ3) is 3.98. The Kier molecular flexibility index (Phi) is 5.22. The zero-order chi connectivity index (χ0) is 15.2. The van der Waals surface area contributed by atoms with Crippen LogP contribution in [0, 0.1) is 0 Å². The molecule has 0 spiro atoms. The van der Waals surface area contributed by atoms with Crippen LogP contribution in [0.3, 0.4) is 0 Å². The minimum Gasteiger partial charge on any atom is -0.497 e. The molecule has 0 aliphatic carbocycles. The molecule has 114 valence electrons. The number of hydrogen-bond acceptors (Lipinski definition) is 5. The van der Waals surface area contributed by atoms with Crippen molar-refractivity contribution >= 4 is 17.3 Å². The van der Waals surface area contributed by atoms with Crippen molar-refractivity contribution < 1.29 is 9.47 Å². The van der Waals surface area contributed by atoms with E-state index in [9.17, 15) is 0 Å². The second-order valence-electron chi connectivity index (χ2n) is 4.57. The molecule has 0 saturated heterocycles. The number of hydrogen-bond donors (Lipinski definition) is 3. The molecule has 1 aliphatic rings. The molecule has 21 heavy (non-hydrogen) atoms. The first-order valence-corrected chi connectivity index (χ1v) is 7.02. The Balaban J connectivity index is 2.12. The fourth-order valence-electron chi connectivity index (χ4n) is 2.09. The molecule has 0 aromatic heterocycles. The Bertz CT molecular complexity index is 548. The smallest absolute Gasteiger partial charge is 0.124 e. The van der Waals surface area contributed by atoms with E-state index < -0.39 is 0 Å². The fourth-order valence-corrected chi connectivity index (χ4v) is 2.27. The third-order valence-corrected chi connectivity index (χ3v) is 3.49. The largest absolute Gasteiger partial charge is 0.497 e. The standard InChI is InChI=1S/C15H20ClN3O2/c1-17-14-7-15(16)19-9-10(14)8-18-11-4-12(20-2)6-13(5-11)21-3/h4-7,17-19H,8-9H2,1-3H3. The number of rotatable bonds is 6. The first-order valence-electron chi connectivity index (χ1n) is 6.64. The van der Waals surface area contributed by atoms with Crippen LogP contribution in [-0.2, 0) is 0 Å². The Morgan fingerprint density at radius 2 is 1.86 bits per heavy atom.